The summed E-state index contributed by atoms with van der Waals surface area (Å²) in [5.41, 5.74) is 5.63. The van der Waals surface area contributed by atoms with Crippen molar-refractivity contribution in [3.63, 3.8) is 0 Å². The molecule has 9 nitrogen and oxygen atoms in total. The number of nitro groups is 1. The number of nitro benzene ring substituents is 1. The van der Waals surface area contributed by atoms with Gasteiger partial charge in [0.25, 0.3) is 5.69 Å². The SMILES string of the molecule is CC(=O)N[C@@H](Cc1ccc([N+](=O)[O-])cc1)C(=O)N[C@@H](C)C(N)=O. The number of amides is 3. The highest BCUT2D eigenvalue weighted by molar-refractivity contribution is 5.91. The van der Waals surface area contributed by atoms with Gasteiger partial charge < -0.3 is 16.4 Å². The van der Waals surface area contributed by atoms with Crippen molar-refractivity contribution in [2.45, 2.75) is 32.4 Å². The van der Waals surface area contributed by atoms with Crippen molar-refractivity contribution in [3.05, 3.63) is 39.9 Å². The molecule has 0 aromatic heterocycles. The van der Waals surface area contributed by atoms with Crippen LogP contribution in [0, 0.1) is 10.1 Å². The minimum Gasteiger partial charge on any atom is -0.368 e. The molecule has 0 spiro atoms. The third kappa shape index (κ3) is 5.73. The molecule has 4 N–H and O–H groups in total. The van der Waals surface area contributed by atoms with Gasteiger partial charge in [-0.25, -0.2) is 0 Å². The van der Waals surface area contributed by atoms with E-state index in [-0.39, 0.29) is 12.1 Å². The monoisotopic (exact) mass is 322 g/mol. The van der Waals surface area contributed by atoms with Crippen molar-refractivity contribution < 1.29 is 19.3 Å². The summed E-state index contributed by atoms with van der Waals surface area (Å²) < 4.78 is 0. The van der Waals surface area contributed by atoms with Gasteiger partial charge in [-0.05, 0) is 12.5 Å². The molecule has 1 rings (SSSR count). The molecule has 23 heavy (non-hydrogen) atoms. The van der Waals surface area contributed by atoms with Gasteiger partial charge in [0.1, 0.15) is 12.1 Å². The Hall–Kier alpha value is -2.97. The normalized spacial score (nSPS) is 12.8. The number of non-ortho nitro benzene ring substituents is 1. The summed E-state index contributed by atoms with van der Waals surface area (Å²) in [6.07, 6.45) is 0.120. The Labute approximate surface area is 132 Å². The van der Waals surface area contributed by atoms with Crippen LogP contribution in [0.25, 0.3) is 0 Å². The van der Waals surface area contributed by atoms with Crippen LogP contribution in [0.15, 0.2) is 24.3 Å². The first-order chi connectivity index (χ1) is 10.7. The molecule has 3 amide bonds. The fourth-order valence-electron chi connectivity index (χ4n) is 1.83. The minimum absolute atomic E-state index is 0.0726. The lowest BCUT2D eigenvalue weighted by Crippen LogP contribution is -2.52. The van der Waals surface area contributed by atoms with Crippen LogP contribution in [0.1, 0.15) is 19.4 Å². The van der Waals surface area contributed by atoms with E-state index in [1.165, 1.54) is 38.1 Å². The highest BCUT2D eigenvalue weighted by Crippen LogP contribution is 2.13. The highest BCUT2D eigenvalue weighted by atomic mass is 16.6. The van der Waals surface area contributed by atoms with Crippen LogP contribution in [-0.4, -0.2) is 34.7 Å². The van der Waals surface area contributed by atoms with Crippen LogP contribution in [0.5, 0.6) is 0 Å². The summed E-state index contributed by atoms with van der Waals surface area (Å²) in [6, 6.07) is 3.82. The molecule has 0 bridgehead atoms. The number of hydrogen-bond donors (Lipinski definition) is 3. The van der Waals surface area contributed by atoms with E-state index in [1.807, 2.05) is 0 Å². The van der Waals surface area contributed by atoms with Gasteiger partial charge in [0.05, 0.1) is 4.92 Å². The molecule has 124 valence electrons. The molecule has 0 aliphatic rings. The number of carbonyl (C=O) groups excluding carboxylic acids is 3. The first-order valence-corrected chi connectivity index (χ1v) is 6.81. The summed E-state index contributed by atoms with van der Waals surface area (Å²) in [6.45, 7) is 2.69. The Morgan fingerprint density at radius 3 is 2.22 bits per heavy atom. The van der Waals surface area contributed by atoms with E-state index < -0.39 is 34.7 Å². The third-order valence-corrected chi connectivity index (χ3v) is 3.07. The molecule has 2 atom stereocenters. The molecule has 0 saturated carbocycles. The largest absolute Gasteiger partial charge is 0.368 e. The molecule has 1 aromatic rings. The fraction of sp³-hybridized carbons (Fsp3) is 0.357. The number of primary amides is 1. The van der Waals surface area contributed by atoms with Gasteiger partial charge in [-0.3, -0.25) is 24.5 Å². The predicted octanol–water partition coefficient (Wildman–Crippen LogP) is -0.368. The third-order valence-electron chi connectivity index (χ3n) is 3.07. The summed E-state index contributed by atoms with van der Waals surface area (Å²) in [5, 5.41) is 15.5. The number of nitrogens with two attached hydrogens (primary N) is 1. The summed E-state index contributed by atoms with van der Waals surface area (Å²) in [4.78, 5) is 44.4. The lowest BCUT2D eigenvalue weighted by Gasteiger charge is -2.19. The Morgan fingerprint density at radius 2 is 1.78 bits per heavy atom. The Bertz CT molecular complexity index is 614. The maximum absolute atomic E-state index is 12.1. The maximum Gasteiger partial charge on any atom is 0.269 e. The Balaban J connectivity index is 2.85. The van der Waals surface area contributed by atoms with Crippen molar-refractivity contribution in [1.82, 2.24) is 10.6 Å². The van der Waals surface area contributed by atoms with Crippen molar-refractivity contribution >= 4 is 23.4 Å². The molecule has 0 saturated heterocycles. The van der Waals surface area contributed by atoms with Crippen molar-refractivity contribution in [3.8, 4) is 0 Å². The predicted molar refractivity (Wildman–Crippen MR) is 81.2 cm³/mol. The number of nitrogens with zero attached hydrogens (tertiary/aromatic N) is 1. The smallest absolute Gasteiger partial charge is 0.269 e. The second kappa shape index (κ2) is 7.87. The van der Waals surface area contributed by atoms with Crippen LogP contribution < -0.4 is 16.4 Å². The van der Waals surface area contributed by atoms with Crippen LogP contribution in [0.3, 0.4) is 0 Å². The van der Waals surface area contributed by atoms with Gasteiger partial charge in [-0.15, -0.1) is 0 Å². The van der Waals surface area contributed by atoms with Gasteiger partial charge in [-0.1, -0.05) is 12.1 Å². The molecule has 0 aliphatic heterocycles. The summed E-state index contributed by atoms with van der Waals surface area (Å²) >= 11 is 0. The van der Waals surface area contributed by atoms with Gasteiger partial charge in [-0.2, -0.15) is 0 Å². The minimum atomic E-state index is -0.921. The lowest BCUT2D eigenvalue weighted by molar-refractivity contribution is -0.384. The highest BCUT2D eigenvalue weighted by Gasteiger charge is 2.23. The van der Waals surface area contributed by atoms with Crippen LogP contribution in [0.2, 0.25) is 0 Å². The second-order valence-corrected chi connectivity index (χ2v) is 5.01. The van der Waals surface area contributed by atoms with E-state index >= 15 is 0 Å². The van der Waals surface area contributed by atoms with Gasteiger partial charge >= 0.3 is 0 Å². The average Bonchev–Trinajstić information content (AvgIpc) is 2.46. The average molecular weight is 322 g/mol. The van der Waals surface area contributed by atoms with E-state index in [2.05, 4.69) is 10.6 Å². The zero-order valence-electron chi connectivity index (χ0n) is 12.7. The van der Waals surface area contributed by atoms with E-state index in [0.29, 0.717) is 5.56 Å². The van der Waals surface area contributed by atoms with Gasteiger partial charge in [0.15, 0.2) is 0 Å². The molecule has 9 heteroatoms. The molecule has 0 aliphatic carbocycles. The number of benzene rings is 1. The van der Waals surface area contributed by atoms with Crippen molar-refractivity contribution in [2.24, 2.45) is 5.73 Å². The van der Waals surface area contributed by atoms with E-state index in [1.54, 1.807) is 0 Å². The maximum atomic E-state index is 12.1. The topological polar surface area (TPSA) is 144 Å². The molecule has 0 heterocycles. The molecular weight excluding hydrogens is 304 g/mol. The number of nitrogens with one attached hydrogen (secondary N) is 2. The second-order valence-electron chi connectivity index (χ2n) is 5.01. The number of rotatable bonds is 7. The molecule has 0 unspecified atom stereocenters. The summed E-state index contributed by atoms with van der Waals surface area (Å²) in [5.74, 6) is -1.68. The lowest BCUT2D eigenvalue weighted by atomic mass is 10.0. The standard InChI is InChI=1S/C14H18N4O5/c1-8(13(15)20)16-14(21)12(17-9(2)19)7-10-3-5-11(6-4-10)18(22)23/h3-6,8,12H,7H2,1-2H3,(H2,15,20)(H,16,21)(H,17,19)/t8-,12-/m0/s1. The first kappa shape index (κ1) is 18.1. The molecule has 0 fully saturated rings. The van der Waals surface area contributed by atoms with Crippen LogP contribution >= 0.6 is 0 Å². The first-order valence-electron chi connectivity index (χ1n) is 6.81. The Kier molecular flexibility index (Phi) is 6.19. The molecule has 1 aromatic carbocycles. The van der Waals surface area contributed by atoms with E-state index in [9.17, 15) is 24.5 Å². The van der Waals surface area contributed by atoms with Crippen LogP contribution in [0.4, 0.5) is 5.69 Å². The van der Waals surface area contributed by atoms with E-state index in [4.69, 9.17) is 5.73 Å². The van der Waals surface area contributed by atoms with Crippen LogP contribution in [-0.2, 0) is 20.8 Å². The Morgan fingerprint density at radius 1 is 1.22 bits per heavy atom. The molecule has 0 radical (unpaired) electrons. The quantitative estimate of drug-likeness (QED) is 0.463. The van der Waals surface area contributed by atoms with Crippen molar-refractivity contribution in [2.75, 3.05) is 0 Å². The van der Waals surface area contributed by atoms with Crippen molar-refractivity contribution in [1.29, 1.82) is 0 Å². The number of carbonyl (C=O) groups is 3. The van der Waals surface area contributed by atoms with Gasteiger partial charge in [0, 0.05) is 25.5 Å². The zero-order valence-corrected chi connectivity index (χ0v) is 12.7. The zero-order chi connectivity index (χ0) is 17.6. The van der Waals surface area contributed by atoms with Gasteiger partial charge in [0.2, 0.25) is 17.7 Å². The molecular formula is C14H18N4O5. The fourth-order valence-corrected chi connectivity index (χ4v) is 1.83. The van der Waals surface area contributed by atoms with E-state index in [0.717, 1.165) is 0 Å². The summed E-state index contributed by atoms with van der Waals surface area (Å²) in [7, 11) is 0. The number of hydrogen-bond acceptors (Lipinski definition) is 5.